The Morgan fingerprint density at radius 2 is 2.12 bits per heavy atom. The summed E-state index contributed by atoms with van der Waals surface area (Å²) in [5.74, 6) is 0.210. The van der Waals surface area contributed by atoms with Gasteiger partial charge in [0, 0.05) is 42.8 Å². The maximum Gasteiger partial charge on any atom is 0.230 e. The van der Waals surface area contributed by atoms with E-state index >= 15 is 0 Å². The van der Waals surface area contributed by atoms with E-state index < -0.39 is 0 Å². The van der Waals surface area contributed by atoms with Crippen molar-refractivity contribution in [3.05, 3.63) is 41.6 Å². The summed E-state index contributed by atoms with van der Waals surface area (Å²) in [4.78, 5) is 20.6. The lowest BCUT2D eigenvalue weighted by Gasteiger charge is -2.40. The van der Waals surface area contributed by atoms with Gasteiger partial charge in [0.15, 0.2) is 0 Å². The fourth-order valence-electron chi connectivity index (χ4n) is 4.38. The molecule has 2 heterocycles. The molecule has 1 aliphatic heterocycles. The molecule has 0 unspecified atom stereocenters. The number of rotatable bonds is 3. The first-order chi connectivity index (χ1) is 11.6. The Kier molecular flexibility index (Phi) is 3.72. The summed E-state index contributed by atoms with van der Waals surface area (Å²) < 4.78 is 0. The largest absolute Gasteiger partial charge is 0.361 e. The van der Waals surface area contributed by atoms with Gasteiger partial charge in [-0.15, -0.1) is 0 Å². The van der Waals surface area contributed by atoms with Gasteiger partial charge in [-0.05, 0) is 50.1 Å². The van der Waals surface area contributed by atoms with Crippen molar-refractivity contribution in [3.8, 4) is 0 Å². The van der Waals surface area contributed by atoms with E-state index in [0.29, 0.717) is 6.04 Å². The normalized spacial score (nSPS) is 23.0. The van der Waals surface area contributed by atoms with Crippen LogP contribution in [-0.2, 0) is 11.2 Å². The molecule has 4 nitrogen and oxygen atoms in total. The summed E-state index contributed by atoms with van der Waals surface area (Å²) in [6, 6.07) is 6.82. The van der Waals surface area contributed by atoms with Crippen molar-refractivity contribution in [2.75, 3.05) is 26.7 Å². The van der Waals surface area contributed by atoms with E-state index in [2.05, 4.69) is 61.3 Å². The standard InChI is InChI=1S/C20H25N3O/c1-4-23(5-2)20(24)14-9-16-15-7-6-8-17-19(15)13(11-21-17)10-18(16)22(3)12-14/h6-9,11,14,18,21H,4-5,10,12H2,1-3H3/t14-,18+/m1/s1. The molecule has 24 heavy (non-hydrogen) atoms. The van der Waals surface area contributed by atoms with Gasteiger partial charge in [-0.1, -0.05) is 18.2 Å². The molecular formula is C20H25N3O. The van der Waals surface area contributed by atoms with Gasteiger partial charge in [-0.25, -0.2) is 0 Å². The Morgan fingerprint density at radius 1 is 1.33 bits per heavy atom. The van der Waals surface area contributed by atoms with E-state index in [9.17, 15) is 4.79 Å². The van der Waals surface area contributed by atoms with Crippen LogP contribution in [0.4, 0.5) is 0 Å². The number of carbonyl (C=O) groups is 1. The molecule has 0 bridgehead atoms. The summed E-state index contributed by atoms with van der Waals surface area (Å²) in [6.45, 7) is 6.47. The minimum atomic E-state index is -0.0445. The highest BCUT2D eigenvalue weighted by atomic mass is 16.2. The Labute approximate surface area is 143 Å². The molecule has 4 heteroatoms. The number of hydrogen-bond donors (Lipinski definition) is 1. The fraction of sp³-hybridized carbons (Fsp3) is 0.450. The molecule has 0 spiro atoms. The first kappa shape index (κ1) is 15.5. The molecular weight excluding hydrogens is 298 g/mol. The van der Waals surface area contributed by atoms with E-state index in [1.807, 2.05) is 4.90 Å². The van der Waals surface area contributed by atoms with Crippen molar-refractivity contribution in [3.63, 3.8) is 0 Å². The first-order valence-electron chi connectivity index (χ1n) is 8.94. The molecule has 0 radical (unpaired) electrons. The summed E-state index contributed by atoms with van der Waals surface area (Å²) in [7, 11) is 2.15. The van der Waals surface area contributed by atoms with Crippen molar-refractivity contribution in [2.24, 2.45) is 5.92 Å². The van der Waals surface area contributed by atoms with Crippen molar-refractivity contribution < 1.29 is 4.79 Å². The van der Waals surface area contributed by atoms with E-state index in [1.54, 1.807) is 0 Å². The molecule has 4 rings (SSSR count). The molecule has 2 aromatic rings. The number of benzene rings is 1. The molecule has 1 aliphatic carbocycles. The summed E-state index contributed by atoms with van der Waals surface area (Å²) in [5.41, 5.74) is 5.21. The van der Waals surface area contributed by atoms with Crippen molar-refractivity contribution >= 4 is 22.4 Å². The van der Waals surface area contributed by atoms with Gasteiger partial charge in [-0.3, -0.25) is 9.69 Å². The quantitative estimate of drug-likeness (QED) is 0.943. The van der Waals surface area contributed by atoms with Crippen LogP contribution in [0.1, 0.15) is 25.0 Å². The van der Waals surface area contributed by atoms with Crippen molar-refractivity contribution in [1.82, 2.24) is 14.8 Å². The molecule has 0 saturated carbocycles. The van der Waals surface area contributed by atoms with Gasteiger partial charge in [0.2, 0.25) is 5.91 Å². The first-order valence-corrected chi connectivity index (χ1v) is 8.94. The topological polar surface area (TPSA) is 39.3 Å². The number of aromatic amines is 1. The van der Waals surface area contributed by atoms with Crippen LogP contribution in [0.2, 0.25) is 0 Å². The third-order valence-electron chi connectivity index (χ3n) is 5.66. The van der Waals surface area contributed by atoms with E-state index in [4.69, 9.17) is 0 Å². The molecule has 2 atom stereocenters. The third-order valence-corrected chi connectivity index (χ3v) is 5.66. The lowest BCUT2D eigenvalue weighted by atomic mass is 9.79. The third kappa shape index (κ3) is 2.20. The zero-order valence-electron chi connectivity index (χ0n) is 14.7. The Balaban J connectivity index is 1.80. The van der Waals surface area contributed by atoms with Crippen molar-refractivity contribution in [1.29, 1.82) is 0 Å². The lowest BCUT2D eigenvalue weighted by molar-refractivity contribution is -0.134. The van der Waals surface area contributed by atoms with Gasteiger partial charge in [0.05, 0.1) is 5.92 Å². The Hall–Kier alpha value is -2.07. The molecule has 1 aromatic carbocycles. The summed E-state index contributed by atoms with van der Waals surface area (Å²) >= 11 is 0. The van der Waals surface area contributed by atoms with Crippen LogP contribution in [0.25, 0.3) is 16.5 Å². The van der Waals surface area contributed by atoms with Crippen molar-refractivity contribution in [2.45, 2.75) is 26.3 Å². The second-order valence-corrected chi connectivity index (χ2v) is 6.94. The molecule has 1 aromatic heterocycles. The van der Waals surface area contributed by atoms with Crippen LogP contribution in [0.3, 0.4) is 0 Å². The Bertz CT molecular complexity index is 815. The fourth-order valence-corrected chi connectivity index (χ4v) is 4.38. The van der Waals surface area contributed by atoms with Gasteiger partial charge >= 0.3 is 0 Å². The van der Waals surface area contributed by atoms with Crippen LogP contribution in [0.5, 0.6) is 0 Å². The minimum absolute atomic E-state index is 0.0445. The average Bonchev–Trinajstić information content (AvgIpc) is 3.01. The van der Waals surface area contributed by atoms with Gasteiger partial charge in [0.25, 0.3) is 0 Å². The molecule has 0 saturated heterocycles. The number of nitrogens with zero attached hydrogens (tertiary/aromatic N) is 2. The van der Waals surface area contributed by atoms with Crippen LogP contribution in [0, 0.1) is 5.92 Å². The number of likely N-dealkylation sites (N-methyl/N-ethyl adjacent to an activating group) is 1. The van der Waals surface area contributed by atoms with Gasteiger partial charge in [-0.2, -0.15) is 0 Å². The number of carbonyl (C=O) groups excluding carboxylic acids is 1. The predicted octanol–water partition coefficient (Wildman–Crippen LogP) is 2.91. The smallest absolute Gasteiger partial charge is 0.230 e. The second kappa shape index (κ2) is 5.78. The SMILES string of the molecule is CCN(CC)C(=O)[C@@H]1C=C2c3cccc4[nH]cc(c34)C[C@@H]2N(C)C1. The predicted molar refractivity (Wildman–Crippen MR) is 97.8 cm³/mol. The van der Waals surface area contributed by atoms with Crippen LogP contribution >= 0.6 is 0 Å². The zero-order chi connectivity index (χ0) is 16.8. The highest BCUT2D eigenvalue weighted by Gasteiger charge is 2.36. The number of fused-ring (bicyclic) bond motifs is 2. The van der Waals surface area contributed by atoms with Crippen LogP contribution < -0.4 is 0 Å². The maximum absolute atomic E-state index is 12.9. The number of nitrogens with one attached hydrogen (secondary N) is 1. The Morgan fingerprint density at radius 3 is 2.88 bits per heavy atom. The van der Waals surface area contributed by atoms with E-state index in [0.717, 1.165) is 26.1 Å². The molecule has 126 valence electrons. The van der Waals surface area contributed by atoms with Crippen LogP contribution in [0.15, 0.2) is 30.5 Å². The maximum atomic E-state index is 12.9. The van der Waals surface area contributed by atoms with Gasteiger partial charge < -0.3 is 9.88 Å². The number of hydrogen-bond acceptors (Lipinski definition) is 2. The van der Waals surface area contributed by atoms with Gasteiger partial charge in [0.1, 0.15) is 0 Å². The molecule has 1 amide bonds. The van der Waals surface area contributed by atoms with E-state index in [1.165, 1.54) is 27.6 Å². The highest BCUT2D eigenvalue weighted by Crippen LogP contribution is 2.40. The molecule has 1 N–H and O–H groups in total. The molecule has 0 fully saturated rings. The highest BCUT2D eigenvalue weighted by molar-refractivity contribution is 5.99. The monoisotopic (exact) mass is 323 g/mol. The summed E-state index contributed by atoms with van der Waals surface area (Å²) in [5, 5.41) is 1.34. The molecule has 2 aliphatic rings. The number of H-pyrrole nitrogens is 1. The lowest BCUT2D eigenvalue weighted by Crippen LogP contribution is -2.47. The number of aromatic nitrogens is 1. The van der Waals surface area contributed by atoms with Crippen LogP contribution in [-0.4, -0.2) is 53.4 Å². The summed E-state index contributed by atoms with van der Waals surface area (Å²) in [6.07, 6.45) is 5.41. The van der Waals surface area contributed by atoms with E-state index in [-0.39, 0.29) is 11.8 Å². The average molecular weight is 323 g/mol. The second-order valence-electron chi connectivity index (χ2n) is 6.94. The number of amides is 1. The zero-order valence-corrected chi connectivity index (χ0v) is 14.7. The minimum Gasteiger partial charge on any atom is -0.361 e.